The van der Waals surface area contributed by atoms with Crippen LogP contribution in [0.3, 0.4) is 0 Å². The molecule has 94 valence electrons. The van der Waals surface area contributed by atoms with E-state index in [1.807, 2.05) is 0 Å². The van der Waals surface area contributed by atoms with Gasteiger partial charge in [-0.05, 0) is 18.6 Å². The Morgan fingerprint density at radius 3 is 2.59 bits per heavy atom. The number of sulfonamides is 1. The SMILES string of the molecule is Cc1cc([N+](=O)[O-])ccc1NS(=O)(=O)CCO. The van der Waals surface area contributed by atoms with Gasteiger partial charge in [-0.3, -0.25) is 14.8 Å². The molecule has 0 aliphatic heterocycles. The van der Waals surface area contributed by atoms with Crippen molar-refractivity contribution in [2.24, 2.45) is 0 Å². The number of nitrogens with one attached hydrogen (secondary N) is 1. The molecule has 0 aliphatic carbocycles. The van der Waals surface area contributed by atoms with Crippen LogP contribution in [0.2, 0.25) is 0 Å². The van der Waals surface area contributed by atoms with Gasteiger partial charge in [0.05, 0.1) is 23.0 Å². The topological polar surface area (TPSA) is 110 Å². The first-order valence-corrected chi connectivity index (χ1v) is 6.37. The van der Waals surface area contributed by atoms with Crippen LogP contribution in [0.25, 0.3) is 0 Å². The third-order valence-electron chi connectivity index (χ3n) is 2.05. The number of rotatable bonds is 5. The molecule has 1 aromatic rings. The van der Waals surface area contributed by atoms with Crippen molar-refractivity contribution in [3.05, 3.63) is 33.9 Å². The van der Waals surface area contributed by atoms with E-state index in [9.17, 15) is 18.5 Å². The predicted octanol–water partition coefficient (Wildman–Crippen LogP) is 0.637. The molecule has 0 amide bonds. The highest BCUT2D eigenvalue weighted by Crippen LogP contribution is 2.21. The van der Waals surface area contributed by atoms with Crippen molar-refractivity contribution in [2.45, 2.75) is 6.92 Å². The second-order valence-electron chi connectivity index (χ2n) is 3.40. The third kappa shape index (κ3) is 3.68. The van der Waals surface area contributed by atoms with E-state index in [0.717, 1.165) is 0 Å². The highest BCUT2D eigenvalue weighted by Gasteiger charge is 2.13. The van der Waals surface area contributed by atoms with Crippen molar-refractivity contribution in [1.82, 2.24) is 0 Å². The molecule has 0 aromatic heterocycles. The fourth-order valence-corrected chi connectivity index (χ4v) is 2.12. The average molecular weight is 260 g/mol. The van der Waals surface area contributed by atoms with E-state index in [1.54, 1.807) is 6.92 Å². The van der Waals surface area contributed by atoms with E-state index in [-0.39, 0.29) is 11.4 Å². The lowest BCUT2D eigenvalue weighted by atomic mass is 10.2. The lowest BCUT2D eigenvalue weighted by Gasteiger charge is -2.09. The second kappa shape index (κ2) is 5.11. The lowest BCUT2D eigenvalue weighted by Crippen LogP contribution is -2.19. The number of aryl methyl sites for hydroxylation is 1. The first kappa shape index (κ1) is 13.4. The number of benzene rings is 1. The maximum absolute atomic E-state index is 11.4. The molecule has 1 rings (SSSR count). The molecule has 0 spiro atoms. The van der Waals surface area contributed by atoms with Crippen LogP contribution in [-0.2, 0) is 10.0 Å². The Morgan fingerprint density at radius 2 is 2.12 bits per heavy atom. The molecular formula is C9H12N2O5S. The highest BCUT2D eigenvalue weighted by atomic mass is 32.2. The Morgan fingerprint density at radius 1 is 1.47 bits per heavy atom. The van der Waals surface area contributed by atoms with Crippen molar-refractivity contribution < 1.29 is 18.4 Å². The average Bonchev–Trinajstić information content (AvgIpc) is 2.20. The molecule has 0 atom stereocenters. The molecule has 0 fully saturated rings. The van der Waals surface area contributed by atoms with Gasteiger partial charge in [0.1, 0.15) is 0 Å². The molecule has 0 saturated carbocycles. The molecule has 0 heterocycles. The summed E-state index contributed by atoms with van der Waals surface area (Å²) in [6.45, 7) is 1.07. The maximum atomic E-state index is 11.4. The summed E-state index contributed by atoms with van der Waals surface area (Å²) in [4.78, 5) is 9.93. The van der Waals surface area contributed by atoms with Crippen LogP contribution < -0.4 is 4.72 Å². The standard InChI is InChI=1S/C9H12N2O5S/c1-7-6-8(11(13)14)2-3-9(7)10-17(15,16)5-4-12/h2-3,6,10,12H,4-5H2,1H3. The van der Waals surface area contributed by atoms with Gasteiger partial charge in [0, 0.05) is 12.1 Å². The number of hydrogen-bond donors (Lipinski definition) is 2. The van der Waals surface area contributed by atoms with Crippen LogP contribution in [0.1, 0.15) is 5.56 Å². The van der Waals surface area contributed by atoms with Crippen LogP contribution in [0.5, 0.6) is 0 Å². The number of non-ortho nitro benzene ring substituents is 1. The number of aliphatic hydroxyl groups is 1. The van der Waals surface area contributed by atoms with Gasteiger partial charge in [0.15, 0.2) is 0 Å². The monoisotopic (exact) mass is 260 g/mol. The van der Waals surface area contributed by atoms with Gasteiger partial charge < -0.3 is 5.11 Å². The summed E-state index contributed by atoms with van der Waals surface area (Å²) in [6, 6.07) is 3.81. The first-order valence-electron chi connectivity index (χ1n) is 4.72. The normalized spacial score (nSPS) is 11.2. The number of hydrogen-bond acceptors (Lipinski definition) is 5. The van der Waals surface area contributed by atoms with Gasteiger partial charge >= 0.3 is 0 Å². The Bertz CT molecular complexity index is 526. The minimum absolute atomic E-state index is 0.104. The van der Waals surface area contributed by atoms with Crippen molar-refractivity contribution in [3.8, 4) is 0 Å². The summed E-state index contributed by atoms with van der Waals surface area (Å²) < 4.78 is 25.0. The van der Waals surface area contributed by atoms with Crippen molar-refractivity contribution >= 4 is 21.4 Å². The molecule has 2 N–H and O–H groups in total. The van der Waals surface area contributed by atoms with E-state index < -0.39 is 27.3 Å². The minimum atomic E-state index is -3.61. The van der Waals surface area contributed by atoms with E-state index in [0.29, 0.717) is 5.56 Å². The van der Waals surface area contributed by atoms with E-state index in [2.05, 4.69) is 4.72 Å². The summed E-state index contributed by atoms with van der Waals surface area (Å²) in [5, 5.41) is 19.0. The van der Waals surface area contributed by atoms with Gasteiger partial charge in [-0.2, -0.15) is 0 Å². The number of aliphatic hydroxyl groups excluding tert-OH is 1. The number of nitro benzene ring substituents is 1. The molecule has 7 nitrogen and oxygen atoms in total. The lowest BCUT2D eigenvalue weighted by molar-refractivity contribution is -0.384. The Hall–Kier alpha value is -1.67. The summed E-state index contributed by atoms with van der Waals surface area (Å²) in [6.07, 6.45) is 0. The molecule has 0 aliphatic rings. The van der Waals surface area contributed by atoms with Crippen molar-refractivity contribution in [3.63, 3.8) is 0 Å². The van der Waals surface area contributed by atoms with Gasteiger partial charge in [-0.15, -0.1) is 0 Å². The number of nitro groups is 1. The summed E-state index contributed by atoms with van der Waals surface area (Å²) in [7, 11) is -3.61. The van der Waals surface area contributed by atoms with Crippen molar-refractivity contribution in [1.29, 1.82) is 0 Å². The largest absolute Gasteiger partial charge is 0.395 e. The third-order valence-corrected chi connectivity index (χ3v) is 3.30. The number of nitrogens with zero attached hydrogens (tertiary/aromatic N) is 1. The highest BCUT2D eigenvalue weighted by molar-refractivity contribution is 7.92. The fraction of sp³-hybridized carbons (Fsp3) is 0.333. The Kier molecular flexibility index (Phi) is 4.02. The first-order chi connectivity index (χ1) is 7.85. The molecule has 0 saturated heterocycles. The molecule has 0 radical (unpaired) electrons. The Balaban J connectivity index is 2.98. The smallest absolute Gasteiger partial charge is 0.269 e. The van der Waals surface area contributed by atoms with Gasteiger partial charge in [-0.25, -0.2) is 8.42 Å². The van der Waals surface area contributed by atoms with E-state index in [1.165, 1.54) is 18.2 Å². The second-order valence-corrected chi connectivity index (χ2v) is 5.24. The van der Waals surface area contributed by atoms with Gasteiger partial charge in [0.2, 0.25) is 10.0 Å². The molecule has 8 heteroatoms. The van der Waals surface area contributed by atoms with Gasteiger partial charge in [-0.1, -0.05) is 0 Å². The quantitative estimate of drug-likeness (QED) is 0.596. The van der Waals surface area contributed by atoms with Crippen LogP contribution in [0.15, 0.2) is 18.2 Å². The summed E-state index contributed by atoms with van der Waals surface area (Å²) in [5.41, 5.74) is 0.609. The van der Waals surface area contributed by atoms with Crippen LogP contribution in [0, 0.1) is 17.0 Å². The zero-order chi connectivity index (χ0) is 13.1. The summed E-state index contributed by atoms with van der Waals surface area (Å²) in [5.74, 6) is -0.413. The van der Waals surface area contributed by atoms with Gasteiger partial charge in [0.25, 0.3) is 5.69 Å². The van der Waals surface area contributed by atoms with Crippen molar-refractivity contribution in [2.75, 3.05) is 17.1 Å². The predicted molar refractivity (Wildman–Crippen MR) is 62.3 cm³/mol. The Labute approximate surface area is 98.3 Å². The fourth-order valence-electron chi connectivity index (χ4n) is 1.21. The molecule has 0 bridgehead atoms. The van der Waals surface area contributed by atoms with Crippen LogP contribution in [-0.4, -0.2) is 30.8 Å². The van der Waals surface area contributed by atoms with Crippen LogP contribution >= 0.6 is 0 Å². The van der Waals surface area contributed by atoms with Crippen LogP contribution in [0.4, 0.5) is 11.4 Å². The molecular weight excluding hydrogens is 248 g/mol. The molecule has 1 aromatic carbocycles. The number of anilines is 1. The molecule has 17 heavy (non-hydrogen) atoms. The maximum Gasteiger partial charge on any atom is 0.269 e. The molecule has 0 unspecified atom stereocenters. The zero-order valence-corrected chi connectivity index (χ0v) is 9.90. The minimum Gasteiger partial charge on any atom is -0.395 e. The van der Waals surface area contributed by atoms with E-state index >= 15 is 0 Å². The zero-order valence-electron chi connectivity index (χ0n) is 9.08. The summed E-state index contributed by atoms with van der Waals surface area (Å²) >= 11 is 0. The van der Waals surface area contributed by atoms with E-state index in [4.69, 9.17) is 5.11 Å².